The van der Waals surface area contributed by atoms with E-state index in [9.17, 15) is 0 Å². The molecule has 0 bridgehead atoms. The van der Waals surface area contributed by atoms with E-state index in [1.807, 2.05) is 0 Å². The fraction of sp³-hybridized carbons (Fsp3) is 0.727. The molecule has 70 valence electrons. The Morgan fingerprint density at radius 1 is 1.33 bits per heavy atom. The molecule has 0 saturated heterocycles. The second-order valence-electron chi connectivity index (χ2n) is 3.69. The summed E-state index contributed by atoms with van der Waals surface area (Å²) in [5.74, 6) is 0. The molecule has 0 amide bonds. The van der Waals surface area contributed by atoms with Crippen LogP contribution in [0.3, 0.4) is 0 Å². The average Bonchev–Trinajstić information content (AvgIpc) is 1.84. The zero-order valence-corrected chi connectivity index (χ0v) is 9.02. The second kappa shape index (κ2) is 5.99. The van der Waals surface area contributed by atoms with Crippen molar-refractivity contribution in [3.63, 3.8) is 0 Å². The second-order valence-corrected chi connectivity index (χ2v) is 3.69. The molecule has 0 radical (unpaired) electrons. The summed E-state index contributed by atoms with van der Waals surface area (Å²) in [4.78, 5) is 4.55. The van der Waals surface area contributed by atoms with Crippen molar-refractivity contribution in [1.29, 1.82) is 0 Å². The summed E-state index contributed by atoms with van der Waals surface area (Å²) in [5, 5.41) is 0. The van der Waals surface area contributed by atoms with Gasteiger partial charge >= 0.3 is 0 Å². The zero-order chi connectivity index (χ0) is 9.56. The molecule has 0 saturated carbocycles. The Balaban J connectivity index is 4.33. The van der Waals surface area contributed by atoms with E-state index in [1.54, 1.807) is 0 Å². The normalized spacial score (nSPS) is 12.0. The van der Waals surface area contributed by atoms with Crippen molar-refractivity contribution in [2.45, 2.75) is 53.5 Å². The fourth-order valence-corrected chi connectivity index (χ4v) is 1.09. The monoisotopic (exact) mass is 167 g/mol. The Bertz CT molecular complexity index is 171. The van der Waals surface area contributed by atoms with Crippen molar-refractivity contribution in [2.24, 2.45) is 4.99 Å². The smallest absolute Gasteiger partial charge is 0.0446 e. The van der Waals surface area contributed by atoms with Crippen LogP contribution >= 0.6 is 0 Å². The molecule has 1 nitrogen and oxygen atoms in total. The minimum absolute atomic E-state index is 0.419. The highest BCUT2D eigenvalue weighted by Gasteiger charge is 1.95. The number of aliphatic imine (C=N–C) groups is 1. The van der Waals surface area contributed by atoms with Gasteiger partial charge in [0.25, 0.3) is 0 Å². The van der Waals surface area contributed by atoms with Crippen LogP contribution in [-0.4, -0.2) is 11.8 Å². The van der Waals surface area contributed by atoms with E-state index >= 15 is 0 Å². The summed E-state index contributed by atoms with van der Waals surface area (Å²) in [6, 6.07) is 0.419. The zero-order valence-electron chi connectivity index (χ0n) is 9.02. The van der Waals surface area contributed by atoms with Crippen LogP contribution in [0.25, 0.3) is 0 Å². The van der Waals surface area contributed by atoms with E-state index in [2.05, 4.69) is 45.7 Å². The van der Waals surface area contributed by atoms with E-state index in [0.717, 1.165) is 6.42 Å². The van der Waals surface area contributed by atoms with E-state index in [0.29, 0.717) is 6.04 Å². The van der Waals surface area contributed by atoms with Gasteiger partial charge in [-0.2, -0.15) is 0 Å². The van der Waals surface area contributed by atoms with Crippen molar-refractivity contribution in [3.8, 4) is 0 Å². The van der Waals surface area contributed by atoms with Crippen LogP contribution in [-0.2, 0) is 0 Å². The first kappa shape index (κ1) is 11.4. The van der Waals surface area contributed by atoms with Crippen molar-refractivity contribution < 1.29 is 0 Å². The lowest BCUT2D eigenvalue weighted by Gasteiger charge is -2.03. The van der Waals surface area contributed by atoms with Gasteiger partial charge in [-0.05, 0) is 40.2 Å². The van der Waals surface area contributed by atoms with Gasteiger partial charge in [-0.1, -0.05) is 18.9 Å². The quantitative estimate of drug-likeness (QED) is 0.567. The minimum Gasteiger partial charge on any atom is -0.287 e. The topological polar surface area (TPSA) is 12.4 Å². The van der Waals surface area contributed by atoms with Gasteiger partial charge in [0.05, 0.1) is 0 Å². The van der Waals surface area contributed by atoms with E-state index < -0.39 is 0 Å². The molecular formula is C11H21N. The first-order chi connectivity index (χ1) is 5.56. The van der Waals surface area contributed by atoms with Crippen LogP contribution < -0.4 is 0 Å². The van der Waals surface area contributed by atoms with Gasteiger partial charge in [0.15, 0.2) is 0 Å². The lowest BCUT2D eigenvalue weighted by molar-refractivity contribution is 0.826. The maximum absolute atomic E-state index is 4.55. The highest BCUT2D eigenvalue weighted by molar-refractivity contribution is 5.95. The standard InChI is InChI=1S/C11H21N/c1-6-7-11(8-9(2)3)12-10(4)5/h8,10H,6-7H2,1-5H3/b12-11-. The van der Waals surface area contributed by atoms with Gasteiger partial charge in [-0.25, -0.2) is 0 Å². The van der Waals surface area contributed by atoms with Crippen LogP contribution in [0.15, 0.2) is 16.6 Å². The van der Waals surface area contributed by atoms with Gasteiger partial charge in [0.2, 0.25) is 0 Å². The summed E-state index contributed by atoms with van der Waals surface area (Å²) >= 11 is 0. The number of nitrogens with zero attached hydrogens (tertiary/aromatic N) is 1. The summed E-state index contributed by atoms with van der Waals surface area (Å²) in [6.45, 7) is 10.7. The Morgan fingerprint density at radius 3 is 2.25 bits per heavy atom. The maximum Gasteiger partial charge on any atom is 0.0446 e. The number of rotatable bonds is 4. The highest BCUT2D eigenvalue weighted by Crippen LogP contribution is 2.01. The maximum atomic E-state index is 4.55. The molecule has 0 N–H and O–H groups in total. The lowest BCUT2D eigenvalue weighted by Crippen LogP contribution is -1.99. The van der Waals surface area contributed by atoms with Crippen LogP contribution in [0.2, 0.25) is 0 Å². The molecule has 0 rings (SSSR count). The van der Waals surface area contributed by atoms with Crippen LogP contribution in [0.1, 0.15) is 47.5 Å². The largest absolute Gasteiger partial charge is 0.287 e. The molecule has 0 spiro atoms. The molecule has 0 aromatic heterocycles. The van der Waals surface area contributed by atoms with Crippen LogP contribution in [0.5, 0.6) is 0 Å². The van der Waals surface area contributed by atoms with Crippen molar-refractivity contribution in [2.75, 3.05) is 0 Å². The Labute approximate surface area is 76.6 Å². The number of hydrogen-bond acceptors (Lipinski definition) is 1. The summed E-state index contributed by atoms with van der Waals surface area (Å²) in [5.41, 5.74) is 2.58. The van der Waals surface area contributed by atoms with Gasteiger partial charge in [-0.3, -0.25) is 4.99 Å². The third kappa shape index (κ3) is 6.14. The third-order valence-corrected chi connectivity index (χ3v) is 1.39. The molecule has 1 heteroatoms. The third-order valence-electron chi connectivity index (χ3n) is 1.39. The van der Waals surface area contributed by atoms with Crippen molar-refractivity contribution in [3.05, 3.63) is 11.6 Å². The van der Waals surface area contributed by atoms with Crippen LogP contribution in [0.4, 0.5) is 0 Å². The fourth-order valence-electron chi connectivity index (χ4n) is 1.09. The number of allylic oxidation sites excluding steroid dienone is 2. The summed E-state index contributed by atoms with van der Waals surface area (Å²) < 4.78 is 0. The van der Waals surface area contributed by atoms with Crippen molar-refractivity contribution in [1.82, 2.24) is 0 Å². The predicted molar refractivity (Wildman–Crippen MR) is 56.9 cm³/mol. The Kier molecular flexibility index (Phi) is 5.69. The molecule has 12 heavy (non-hydrogen) atoms. The van der Waals surface area contributed by atoms with E-state index in [4.69, 9.17) is 0 Å². The average molecular weight is 167 g/mol. The highest BCUT2D eigenvalue weighted by atomic mass is 14.8. The van der Waals surface area contributed by atoms with E-state index in [1.165, 1.54) is 17.7 Å². The van der Waals surface area contributed by atoms with Gasteiger partial charge < -0.3 is 0 Å². The summed E-state index contributed by atoms with van der Waals surface area (Å²) in [7, 11) is 0. The molecule has 0 aliphatic rings. The van der Waals surface area contributed by atoms with Gasteiger partial charge in [0, 0.05) is 11.8 Å². The summed E-state index contributed by atoms with van der Waals surface area (Å²) in [6.07, 6.45) is 4.46. The molecule has 0 aliphatic heterocycles. The van der Waals surface area contributed by atoms with Crippen LogP contribution in [0, 0.1) is 0 Å². The molecule has 0 aromatic rings. The molecule has 0 atom stereocenters. The molecule has 0 aliphatic carbocycles. The SMILES string of the molecule is CCC/C(C=C(C)C)=N/C(C)C. The molecular weight excluding hydrogens is 146 g/mol. The molecule has 0 unspecified atom stereocenters. The predicted octanol–water partition coefficient (Wildman–Crippen LogP) is 3.60. The number of hydrogen-bond donors (Lipinski definition) is 0. The minimum atomic E-state index is 0.419. The van der Waals surface area contributed by atoms with Crippen molar-refractivity contribution >= 4 is 5.71 Å². The van der Waals surface area contributed by atoms with Gasteiger partial charge in [0.1, 0.15) is 0 Å². The van der Waals surface area contributed by atoms with Gasteiger partial charge in [-0.15, -0.1) is 0 Å². The molecule has 0 aromatic carbocycles. The Morgan fingerprint density at radius 2 is 1.92 bits per heavy atom. The lowest BCUT2D eigenvalue weighted by atomic mass is 10.1. The first-order valence-corrected chi connectivity index (χ1v) is 4.77. The first-order valence-electron chi connectivity index (χ1n) is 4.77. The molecule has 0 heterocycles. The van der Waals surface area contributed by atoms with E-state index in [-0.39, 0.29) is 0 Å². The Hall–Kier alpha value is -0.590. The molecule has 0 fully saturated rings.